The van der Waals surface area contributed by atoms with Crippen molar-refractivity contribution in [2.24, 2.45) is 15.8 Å². The van der Waals surface area contributed by atoms with E-state index in [0.29, 0.717) is 0 Å². The smallest absolute Gasteiger partial charge is 0.0963 e. The molecule has 0 radical (unpaired) electrons. The van der Waals surface area contributed by atoms with Gasteiger partial charge in [-0.05, 0) is 13.8 Å². The fourth-order valence-corrected chi connectivity index (χ4v) is 0.621. The van der Waals surface area contributed by atoms with Crippen LogP contribution in [-0.2, 0) is 0 Å². The van der Waals surface area contributed by atoms with Crippen LogP contribution < -0.4 is 0 Å². The van der Waals surface area contributed by atoms with Crippen molar-refractivity contribution in [2.45, 2.75) is 39.8 Å². The van der Waals surface area contributed by atoms with E-state index in [0.717, 1.165) is 0 Å². The van der Waals surface area contributed by atoms with E-state index < -0.39 is 5.41 Å². The van der Waals surface area contributed by atoms with Gasteiger partial charge in [0.1, 0.15) is 0 Å². The topological polar surface area (TPSA) is 58.9 Å². The largest absolute Gasteiger partial charge is 0.151 e. The number of nitrogens with zero attached hydrogens (tertiary/aromatic N) is 2. The molecule has 0 aromatic rings. The predicted octanol–water partition coefficient (Wildman–Crippen LogP) is 2.32. The summed E-state index contributed by atoms with van der Waals surface area (Å²) >= 11 is 0. The number of rotatable bonds is 4. The van der Waals surface area contributed by atoms with Crippen molar-refractivity contribution in [3.8, 4) is 0 Å². The Morgan fingerprint density at radius 2 is 1.27 bits per heavy atom. The summed E-state index contributed by atoms with van der Waals surface area (Å²) in [5.74, 6) is 0. The van der Waals surface area contributed by atoms with E-state index in [-0.39, 0.29) is 12.1 Å². The monoisotopic (exact) mass is 158 g/mol. The zero-order chi connectivity index (χ0) is 9.07. The first kappa shape index (κ1) is 10.2. The standard InChI is InChI=1S/C7H14N2O2/c1-5(8-10)7(3,4)6(2)9-11/h5-6H,1-4H3. The molecule has 0 rings (SSSR count). The highest BCUT2D eigenvalue weighted by Crippen LogP contribution is 2.29. The van der Waals surface area contributed by atoms with Crippen LogP contribution in [0, 0.1) is 15.2 Å². The van der Waals surface area contributed by atoms with E-state index in [4.69, 9.17) is 0 Å². The normalized spacial score (nSPS) is 17.1. The van der Waals surface area contributed by atoms with E-state index in [9.17, 15) is 9.81 Å². The van der Waals surface area contributed by atoms with Crippen LogP contribution in [0.3, 0.4) is 0 Å². The van der Waals surface area contributed by atoms with Gasteiger partial charge < -0.3 is 0 Å². The molecule has 2 atom stereocenters. The zero-order valence-electron chi connectivity index (χ0n) is 7.37. The van der Waals surface area contributed by atoms with Crippen LogP contribution in [0.4, 0.5) is 0 Å². The molecule has 0 bridgehead atoms. The molecular weight excluding hydrogens is 144 g/mol. The van der Waals surface area contributed by atoms with Crippen molar-refractivity contribution in [2.75, 3.05) is 0 Å². The summed E-state index contributed by atoms with van der Waals surface area (Å²) in [5, 5.41) is 5.76. The van der Waals surface area contributed by atoms with Crippen LogP contribution in [-0.4, -0.2) is 12.1 Å². The summed E-state index contributed by atoms with van der Waals surface area (Å²) in [6.07, 6.45) is 0. The van der Waals surface area contributed by atoms with Crippen LogP contribution in [0.2, 0.25) is 0 Å². The van der Waals surface area contributed by atoms with Crippen LogP contribution >= 0.6 is 0 Å². The lowest BCUT2D eigenvalue weighted by atomic mass is 9.80. The van der Waals surface area contributed by atoms with Crippen LogP contribution in [0.15, 0.2) is 10.4 Å². The maximum Gasteiger partial charge on any atom is 0.0963 e. The molecule has 0 aromatic carbocycles. The van der Waals surface area contributed by atoms with Crippen LogP contribution in [0.5, 0.6) is 0 Å². The minimum absolute atomic E-state index is 0.379. The Balaban J connectivity index is 4.41. The second-order valence-electron chi connectivity index (χ2n) is 3.38. The molecule has 4 heteroatoms. The van der Waals surface area contributed by atoms with Gasteiger partial charge in [0.25, 0.3) is 0 Å². The van der Waals surface area contributed by atoms with Crippen molar-refractivity contribution in [3.05, 3.63) is 9.81 Å². The highest BCUT2D eigenvalue weighted by Gasteiger charge is 2.33. The molecule has 11 heavy (non-hydrogen) atoms. The van der Waals surface area contributed by atoms with Crippen molar-refractivity contribution >= 4 is 0 Å². The van der Waals surface area contributed by atoms with Gasteiger partial charge in [0.15, 0.2) is 0 Å². The van der Waals surface area contributed by atoms with Gasteiger partial charge in [0, 0.05) is 5.41 Å². The fourth-order valence-electron chi connectivity index (χ4n) is 0.621. The van der Waals surface area contributed by atoms with Gasteiger partial charge in [0.2, 0.25) is 0 Å². The second-order valence-corrected chi connectivity index (χ2v) is 3.38. The summed E-state index contributed by atoms with van der Waals surface area (Å²) in [7, 11) is 0. The second kappa shape index (κ2) is 3.55. The number of hydrogen-bond donors (Lipinski definition) is 0. The minimum atomic E-state index is -0.441. The molecule has 0 amide bonds. The molecule has 2 unspecified atom stereocenters. The average Bonchev–Trinajstić information content (AvgIpc) is 2.01. The molecule has 0 aromatic heterocycles. The number of hydrogen-bond acceptors (Lipinski definition) is 4. The molecule has 0 aliphatic heterocycles. The molecule has 0 aliphatic carbocycles. The quantitative estimate of drug-likeness (QED) is 0.589. The molecule has 0 saturated carbocycles. The van der Waals surface area contributed by atoms with Gasteiger partial charge in [-0.25, -0.2) is 0 Å². The Kier molecular flexibility index (Phi) is 3.29. The molecule has 0 heterocycles. The van der Waals surface area contributed by atoms with Crippen molar-refractivity contribution < 1.29 is 0 Å². The molecule has 0 aliphatic rings. The van der Waals surface area contributed by atoms with Crippen molar-refractivity contribution in [1.29, 1.82) is 0 Å². The Morgan fingerprint density at radius 1 is 1.00 bits per heavy atom. The lowest BCUT2D eigenvalue weighted by Crippen LogP contribution is -2.34. The molecule has 0 N–H and O–H groups in total. The van der Waals surface area contributed by atoms with Gasteiger partial charge in [-0.1, -0.05) is 24.2 Å². The fraction of sp³-hybridized carbons (Fsp3) is 1.00. The van der Waals surface area contributed by atoms with E-state index in [1.165, 1.54) is 0 Å². The summed E-state index contributed by atoms with van der Waals surface area (Å²) in [6.45, 7) is 7.00. The first-order valence-corrected chi connectivity index (χ1v) is 3.61. The zero-order valence-corrected chi connectivity index (χ0v) is 7.37. The van der Waals surface area contributed by atoms with Crippen molar-refractivity contribution in [3.63, 3.8) is 0 Å². The molecule has 0 saturated heterocycles. The lowest BCUT2D eigenvalue weighted by Gasteiger charge is -2.28. The Hall–Kier alpha value is -0.800. The molecular formula is C7H14N2O2. The maximum atomic E-state index is 10.2. The van der Waals surface area contributed by atoms with E-state index in [1.807, 2.05) is 13.8 Å². The third-order valence-electron chi connectivity index (χ3n) is 2.47. The highest BCUT2D eigenvalue weighted by molar-refractivity contribution is 4.88. The van der Waals surface area contributed by atoms with Crippen LogP contribution in [0.25, 0.3) is 0 Å². The first-order valence-electron chi connectivity index (χ1n) is 3.61. The molecule has 64 valence electrons. The SMILES string of the molecule is CC(N=O)C(C)(C)C(C)N=O. The maximum absolute atomic E-state index is 10.2. The Labute approximate surface area is 66.3 Å². The lowest BCUT2D eigenvalue weighted by molar-refractivity contribution is 0.250. The van der Waals surface area contributed by atoms with Gasteiger partial charge in [0.05, 0.1) is 12.1 Å². The third-order valence-corrected chi connectivity index (χ3v) is 2.47. The van der Waals surface area contributed by atoms with Crippen LogP contribution in [0.1, 0.15) is 27.7 Å². The Morgan fingerprint density at radius 3 is 1.45 bits per heavy atom. The number of nitroso groups, excluding NO2 is 2. The van der Waals surface area contributed by atoms with Crippen molar-refractivity contribution in [1.82, 2.24) is 0 Å². The predicted molar refractivity (Wildman–Crippen MR) is 44.3 cm³/mol. The van der Waals surface area contributed by atoms with Gasteiger partial charge >= 0.3 is 0 Å². The van der Waals surface area contributed by atoms with Gasteiger partial charge in [-0.3, -0.25) is 0 Å². The van der Waals surface area contributed by atoms with E-state index in [1.54, 1.807) is 13.8 Å². The molecule has 0 fully saturated rings. The average molecular weight is 158 g/mol. The van der Waals surface area contributed by atoms with Gasteiger partial charge in [-0.2, -0.15) is 9.81 Å². The van der Waals surface area contributed by atoms with Gasteiger partial charge in [-0.15, -0.1) is 0 Å². The summed E-state index contributed by atoms with van der Waals surface area (Å²) in [5.41, 5.74) is -0.441. The minimum Gasteiger partial charge on any atom is -0.151 e. The summed E-state index contributed by atoms with van der Waals surface area (Å²) in [4.78, 5) is 20.4. The summed E-state index contributed by atoms with van der Waals surface area (Å²) in [6, 6.07) is -0.759. The third kappa shape index (κ3) is 2.06. The summed E-state index contributed by atoms with van der Waals surface area (Å²) < 4.78 is 0. The Bertz CT molecular complexity index is 141. The highest BCUT2D eigenvalue weighted by atomic mass is 16.3. The first-order chi connectivity index (χ1) is 4.96. The molecule has 0 spiro atoms. The van der Waals surface area contributed by atoms with E-state index >= 15 is 0 Å². The molecule has 4 nitrogen and oxygen atoms in total. The van der Waals surface area contributed by atoms with E-state index in [2.05, 4.69) is 10.4 Å².